The molecule has 6 heteroatoms. The number of carbonyl (C=O) groups excluding carboxylic acids is 1. The first-order valence-corrected chi connectivity index (χ1v) is 6.71. The molecule has 1 saturated heterocycles. The van der Waals surface area contributed by atoms with E-state index in [1.54, 1.807) is 0 Å². The van der Waals surface area contributed by atoms with Crippen molar-refractivity contribution in [1.82, 2.24) is 9.80 Å². The molecular weight excluding hydrogens is 260 g/mol. The number of benzene rings is 1. The van der Waals surface area contributed by atoms with Gasteiger partial charge in [0.25, 0.3) is 0 Å². The van der Waals surface area contributed by atoms with Crippen LogP contribution >= 0.6 is 0 Å². The highest BCUT2D eigenvalue weighted by Crippen LogP contribution is 2.25. The molecular formula is C14H20N2O4. The fraction of sp³-hybridized carbons (Fsp3) is 0.500. The molecule has 0 radical (unpaired) electrons. The van der Waals surface area contributed by atoms with Crippen molar-refractivity contribution in [2.75, 3.05) is 45.9 Å². The molecule has 1 heterocycles. The fourth-order valence-electron chi connectivity index (χ4n) is 2.30. The van der Waals surface area contributed by atoms with Gasteiger partial charge in [-0.05, 0) is 18.2 Å². The van der Waals surface area contributed by atoms with E-state index in [4.69, 9.17) is 5.11 Å². The molecule has 0 aromatic heterocycles. The van der Waals surface area contributed by atoms with Gasteiger partial charge in [-0.15, -0.1) is 0 Å². The van der Waals surface area contributed by atoms with Gasteiger partial charge in [0.05, 0.1) is 13.2 Å². The van der Waals surface area contributed by atoms with Gasteiger partial charge in [0.15, 0.2) is 17.3 Å². The standard InChI is InChI=1S/C14H20N2O4/c17-8-7-15-3-5-16(6-4-15)10-14(20)11-1-2-12(18)13(19)9-11/h1-2,9,17-19H,3-8,10H2. The Bertz CT molecular complexity index is 470. The highest BCUT2D eigenvalue weighted by molar-refractivity contribution is 5.98. The van der Waals surface area contributed by atoms with Crippen LogP contribution in [0.1, 0.15) is 10.4 Å². The molecule has 1 aromatic carbocycles. The number of phenols is 2. The number of aliphatic hydroxyl groups excluding tert-OH is 1. The van der Waals surface area contributed by atoms with Crippen molar-refractivity contribution < 1.29 is 20.1 Å². The second kappa shape index (κ2) is 6.69. The van der Waals surface area contributed by atoms with Crippen molar-refractivity contribution >= 4 is 5.78 Å². The van der Waals surface area contributed by atoms with Crippen molar-refractivity contribution in [2.45, 2.75) is 0 Å². The molecule has 0 unspecified atom stereocenters. The minimum Gasteiger partial charge on any atom is -0.504 e. The van der Waals surface area contributed by atoms with Crippen LogP contribution in [0.2, 0.25) is 0 Å². The monoisotopic (exact) mass is 280 g/mol. The van der Waals surface area contributed by atoms with Gasteiger partial charge in [-0.1, -0.05) is 0 Å². The number of aliphatic hydroxyl groups is 1. The smallest absolute Gasteiger partial charge is 0.176 e. The Kier molecular flexibility index (Phi) is 4.94. The Morgan fingerprint density at radius 2 is 1.70 bits per heavy atom. The average Bonchev–Trinajstić information content (AvgIpc) is 2.44. The van der Waals surface area contributed by atoms with Gasteiger partial charge >= 0.3 is 0 Å². The molecule has 0 amide bonds. The van der Waals surface area contributed by atoms with Gasteiger partial charge in [0.2, 0.25) is 0 Å². The van der Waals surface area contributed by atoms with E-state index in [-0.39, 0.29) is 23.9 Å². The quantitative estimate of drug-likeness (QED) is 0.515. The van der Waals surface area contributed by atoms with E-state index in [2.05, 4.69) is 9.80 Å². The minimum absolute atomic E-state index is 0.0732. The van der Waals surface area contributed by atoms with Crippen molar-refractivity contribution in [2.24, 2.45) is 0 Å². The number of hydrogen-bond acceptors (Lipinski definition) is 6. The maximum Gasteiger partial charge on any atom is 0.176 e. The topological polar surface area (TPSA) is 84.2 Å². The zero-order valence-corrected chi connectivity index (χ0v) is 11.3. The zero-order valence-electron chi connectivity index (χ0n) is 11.3. The molecule has 1 fully saturated rings. The van der Waals surface area contributed by atoms with Gasteiger partial charge in [-0.25, -0.2) is 0 Å². The van der Waals surface area contributed by atoms with Crippen LogP contribution in [0.4, 0.5) is 0 Å². The third-order valence-corrected chi connectivity index (χ3v) is 3.55. The number of carbonyl (C=O) groups is 1. The minimum atomic E-state index is -0.274. The Hall–Kier alpha value is -1.63. The summed E-state index contributed by atoms with van der Waals surface area (Å²) in [5.74, 6) is -0.571. The molecule has 0 spiro atoms. The van der Waals surface area contributed by atoms with E-state index >= 15 is 0 Å². The molecule has 1 aliphatic heterocycles. The molecule has 0 atom stereocenters. The van der Waals surface area contributed by atoms with Crippen LogP contribution in [-0.4, -0.2) is 76.8 Å². The average molecular weight is 280 g/mol. The predicted octanol–water partition coefficient (Wildman–Crippen LogP) is -0.110. The van der Waals surface area contributed by atoms with Crippen LogP contribution < -0.4 is 0 Å². The number of hydrogen-bond donors (Lipinski definition) is 3. The lowest BCUT2D eigenvalue weighted by molar-refractivity contribution is 0.0822. The lowest BCUT2D eigenvalue weighted by Gasteiger charge is -2.33. The molecule has 1 aromatic rings. The molecule has 0 bridgehead atoms. The third-order valence-electron chi connectivity index (χ3n) is 3.55. The van der Waals surface area contributed by atoms with E-state index in [0.717, 1.165) is 26.2 Å². The van der Waals surface area contributed by atoms with Crippen LogP contribution in [-0.2, 0) is 0 Å². The Morgan fingerprint density at radius 1 is 1.05 bits per heavy atom. The summed E-state index contributed by atoms with van der Waals surface area (Å²) in [6.45, 7) is 4.39. The van der Waals surface area contributed by atoms with Crippen LogP contribution in [0, 0.1) is 0 Å². The summed E-state index contributed by atoms with van der Waals surface area (Å²) in [5.41, 5.74) is 0.401. The molecule has 110 valence electrons. The van der Waals surface area contributed by atoms with Crippen LogP contribution in [0.15, 0.2) is 18.2 Å². The first-order chi connectivity index (χ1) is 9.60. The lowest BCUT2D eigenvalue weighted by Crippen LogP contribution is -2.48. The van der Waals surface area contributed by atoms with E-state index in [9.17, 15) is 15.0 Å². The number of rotatable bonds is 5. The maximum atomic E-state index is 12.1. The highest BCUT2D eigenvalue weighted by atomic mass is 16.3. The summed E-state index contributed by atoms with van der Waals surface area (Å²) in [6.07, 6.45) is 0. The SMILES string of the molecule is O=C(CN1CCN(CCO)CC1)c1ccc(O)c(O)c1. The van der Waals surface area contributed by atoms with E-state index in [1.165, 1.54) is 18.2 Å². The summed E-state index contributed by atoms with van der Waals surface area (Å²) in [4.78, 5) is 16.3. The molecule has 0 aliphatic carbocycles. The molecule has 3 N–H and O–H groups in total. The second-order valence-corrected chi connectivity index (χ2v) is 4.97. The lowest BCUT2D eigenvalue weighted by atomic mass is 10.1. The maximum absolute atomic E-state index is 12.1. The molecule has 6 nitrogen and oxygen atoms in total. The number of piperazine rings is 1. The van der Waals surface area contributed by atoms with Crippen molar-refractivity contribution in [3.05, 3.63) is 23.8 Å². The van der Waals surface area contributed by atoms with Crippen LogP contribution in [0.5, 0.6) is 11.5 Å². The molecule has 20 heavy (non-hydrogen) atoms. The summed E-state index contributed by atoms with van der Waals surface area (Å²) < 4.78 is 0. The third kappa shape index (κ3) is 3.69. The first-order valence-electron chi connectivity index (χ1n) is 6.71. The van der Waals surface area contributed by atoms with Gasteiger partial charge in [0.1, 0.15) is 0 Å². The Balaban J connectivity index is 1.87. The summed E-state index contributed by atoms with van der Waals surface area (Å²) >= 11 is 0. The van der Waals surface area contributed by atoms with Gasteiger partial charge < -0.3 is 15.3 Å². The largest absolute Gasteiger partial charge is 0.504 e. The number of nitrogens with zero attached hydrogens (tertiary/aromatic N) is 2. The van der Waals surface area contributed by atoms with E-state index in [0.29, 0.717) is 18.7 Å². The normalized spacial score (nSPS) is 17.2. The number of Topliss-reactive ketones (excluding diaryl/α,β-unsaturated/α-hetero) is 1. The predicted molar refractivity (Wildman–Crippen MR) is 74.1 cm³/mol. The number of ketones is 1. The van der Waals surface area contributed by atoms with Gasteiger partial charge in [-0.3, -0.25) is 14.6 Å². The van der Waals surface area contributed by atoms with Gasteiger partial charge in [0, 0.05) is 38.3 Å². The van der Waals surface area contributed by atoms with Crippen molar-refractivity contribution in [3.63, 3.8) is 0 Å². The zero-order chi connectivity index (χ0) is 14.5. The Morgan fingerprint density at radius 3 is 2.30 bits per heavy atom. The number of phenolic OH excluding ortho intramolecular Hbond substituents is 2. The first kappa shape index (κ1) is 14.8. The number of aromatic hydroxyl groups is 2. The van der Waals surface area contributed by atoms with E-state index in [1.807, 2.05) is 0 Å². The fourth-order valence-corrected chi connectivity index (χ4v) is 2.30. The Labute approximate surface area is 117 Å². The molecule has 1 aliphatic rings. The molecule has 2 rings (SSSR count). The van der Waals surface area contributed by atoms with Crippen LogP contribution in [0.3, 0.4) is 0 Å². The summed E-state index contributed by atoms with van der Waals surface area (Å²) in [7, 11) is 0. The molecule has 0 saturated carbocycles. The van der Waals surface area contributed by atoms with Crippen LogP contribution in [0.25, 0.3) is 0 Å². The van der Waals surface area contributed by atoms with Crippen molar-refractivity contribution in [1.29, 1.82) is 0 Å². The highest BCUT2D eigenvalue weighted by Gasteiger charge is 2.19. The van der Waals surface area contributed by atoms with Gasteiger partial charge in [-0.2, -0.15) is 0 Å². The van der Waals surface area contributed by atoms with Crippen molar-refractivity contribution in [3.8, 4) is 11.5 Å². The second-order valence-electron chi connectivity index (χ2n) is 4.97. The number of β-amino-alcohol motifs (C(OH)–C–C–N with tert-alkyl or cyclic N) is 1. The summed E-state index contributed by atoms with van der Waals surface area (Å²) in [6, 6.07) is 4.13. The summed E-state index contributed by atoms with van der Waals surface area (Å²) in [5, 5.41) is 27.5. The van der Waals surface area contributed by atoms with E-state index < -0.39 is 0 Å².